The van der Waals surface area contributed by atoms with Crippen LogP contribution in [0.25, 0.3) is 0 Å². The fraction of sp³-hybridized carbons (Fsp3) is 1.00. The third-order valence-electron chi connectivity index (χ3n) is 1.16. The molecule has 0 aromatic carbocycles. The predicted octanol–water partition coefficient (Wildman–Crippen LogP) is 0.494. The molecular formula is C6H15NOS. The summed E-state index contributed by atoms with van der Waals surface area (Å²) in [7, 11) is 3.78. The first-order valence-corrected chi connectivity index (χ1v) is 3.73. The molecule has 2 nitrogen and oxygen atoms in total. The van der Waals surface area contributed by atoms with Crippen LogP contribution in [0.1, 0.15) is 0 Å². The van der Waals surface area contributed by atoms with E-state index < -0.39 is 0 Å². The molecule has 0 fully saturated rings. The van der Waals surface area contributed by atoms with Crippen LogP contribution in [0.15, 0.2) is 0 Å². The largest absolute Gasteiger partial charge is 0.383 e. The van der Waals surface area contributed by atoms with E-state index in [1.54, 1.807) is 7.11 Å². The van der Waals surface area contributed by atoms with Crippen molar-refractivity contribution < 1.29 is 4.74 Å². The van der Waals surface area contributed by atoms with E-state index in [9.17, 15) is 0 Å². The van der Waals surface area contributed by atoms with Crippen LogP contribution >= 0.6 is 12.6 Å². The van der Waals surface area contributed by atoms with Gasteiger partial charge in [-0.25, -0.2) is 0 Å². The molecule has 0 saturated heterocycles. The highest BCUT2D eigenvalue weighted by Crippen LogP contribution is 1.83. The van der Waals surface area contributed by atoms with Crippen molar-refractivity contribution in [3.8, 4) is 0 Å². The van der Waals surface area contributed by atoms with Crippen LogP contribution in [0.2, 0.25) is 0 Å². The number of hydrogen-bond donors (Lipinski definition) is 1. The fourth-order valence-electron chi connectivity index (χ4n) is 0.530. The molecule has 0 radical (unpaired) electrons. The fourth-order valence-corrected chi connectivity index (χ4v) is 0.871. The number of hydrogen-bond acceptors (Lipinski definition) is 3. The lowest BCUT2D eigenvalue weighted by molar-refractivity contribution is 0.164. The molecule has 9 heavy (non-hydrogen) atoms. The number of ether oxygens (including phenoxy) is 1. The Hall–Kier alpha value is 0.270. The lowest BCUT2D eigenvalue weighted by atomic mass is 10.5. The van der Waals surface area contributed by atoms with Crippen molar-refractivity contribution in [1.29, 1.82) is 0 Å². The molecule has 0 heterocycles. The molecule has 3 heteroatoms. The van der Waals surface area contributed by atoms with Crippen molar-refractivity contribution in [2.24, 2.45) is 0 Å². The third kappa shape index (κ3) is 6.15. The van der Waals surface area contributed by atoms with Crippen molar-refractivity contribution in [2.75, 3.05) is 39.6 Å². The Morgan fingerprint density at radius 3 is 2.56 bits per heavy atom. The van der Waals surface area contributed by atoms with Gasteiger partial charge in [0.1, 0.15) is 0 Å². The summed E-state index contributed by atoms with van der Waals surface area (Å²) in [5.41, 5.74) is 0. The van der Waals surface area contributed by atoms with Crippen molar-refractivity contribution >= 4 is 12.6 Å². The summed E-state index contributed by atoms with van der Waals surface area (Å²) in [5.74, 6) is 0.917. The summed E-state index contributed by atoms with van der Waals surface area (Å²) in [4.78, 5) is 2.19. The highest BCUT2D eigenvalue weighted by molar-refractivity contribution is 7.80. The summed E-state index contributed by atoms with van der Waals surface area (Å²) < 4.78 is 4.89. The maximum Gasteiger partial charge on any atom is 0.0589 e. The van der Waals surface area contributed by atoms with Gasteiger partial charge in [-0.05, 0) is 7.05 Å². The van der Waals surface area contributed by atoms with Gasteiger partial charge in [0.25, 0.3) is 0 Å². The highest BCUT2D eigenvalue weighted by atomic mass is 32.1. The zero-order valence-electron chi connectivity index (χ0n) is 6.13. The average Bonchev–Trinajstić information content (AvgIpc) is 1.85. The zero-order valence-corrected chi connectivity index (χ0v) is 7.03. The Balaban J connectivity index is 2.95. The Labute approximate surface area is 62.6 Å². The van der Waals surface area contributed by atoms with Crippen LogP contribution in [-0.4, -0.2) is 44.5 Å². The Bertz CT molecular complexity index is 61.0. The smallest absolute Gasteiger partial charge is 0.0589 e. The van der Waals surface area contributed by atoms with E-state index in [2.05, 4.69) is 24.6 Å². The predicted molar refractivity (Wildman–Crippen MR) is 43.2 cm³/mol. The van der Waals surface area contributed by atoms with Gasteiger partial charge in [-0.2, -0.15) is 12.6 Å². The van der Waals surface area contributed by atoms with Crippen molar-refractivity contribution in [2.45, 2.75) is 0 Å². The van der Waals surface area contributed by atoms with E-state index in [0.29, 0.717) is 0 Å². The van der Waals surface area contributed by atoms with Crippen LogP contribution in [0, 0.1) is 0 Å². The van der Waals surface area contributed by atoms with E-state index in [-0.39, 0.29) is 0 Å². The topological polar surface area (TPSA) is 12.5 Å². The lowest BCUT2D eigenvalue weighted by Gasteiger charge is -2.13. The first-order chi connectivity index (χ1) is 4.31. The molecule has 0 aliphatic carbocycles. The molecule has 0 atom stereocenters. The summed E-state index contributed by atoms with van der Waals surface area (Å²) in [6, 6.07) is 0. The number of thiol groups is 1. The minimum absolute atomic E-state index is 0.810. The molecule has 0 aliphatic rings. The van der Waals surface area contributed by atoms with E-state index in [1.165, 1.54) is 0 Å². The summed E-state index contributed by atoms with van der Waals surface area (Å²) in [6.07, 6.45) is 0. The highest BCUT2D eigenvalue weighted by Gasteiger charge is 1.92. The molecule has 0 N–H and O–H groups in total. The van der Waals surface area contributed by atoms with Gasteiger partial charge in [0.2, 0.25) is 0 Å². The van der Waals surface area contributed by atoms with Crippen LogP contribution in [0.5, 0.6) is 0 Å². The standard InChI is InChI=1S/C6H15NOS/c1-7(4-6-9)3-5-8-2/h9H,3-6H2,1-2H3. The number of likely N-dealkylation sites (N-methyl/N-ethyl adjacent to an activating group) is 1. The maximum atomic E-state index is 4.89. The average molecular weight is 149 g/mol. The van der Waals surface area contributed by atoms with Gasteiger partial charge in [-0.1, -0.05) is 0 Å². The van der Waals surface area contributed by atoms with E-state index >= 15 is 0 Å². The summed E-state index contributed by atoms with van der Waals surface area (Å²) in [6.45, 7) is 2.84. The molecular weight excluding hydrogens is 134 g/mol. The van der Waals surface area contributed by atoms with Crippen LogP contribution < -0.4 is 0 Å². The van der Waals surface area contributed by atoms with E-state index in [0.717, 1.165) is 25.4 Å². The molecule has 0 aromatic heterocycles. The second kappa shape index (κ2) is 6.39. The van der Waals surface area contributed by atoms with Crippen molar-refractivity contribution in [1.82, 2.24) is 4.90 Å². The molecule has 0 amide bonds. The number of methoxy groups -OCH3 is 1. The molecule has 0 saturated carbocycles. The summed E-state index contributed by atoms with van der Waals surface area (Å²) >= 11 is 4.10. The summed E-state index contributed by atoms with van der Waals surface area (Å²) in [5, 5.41) is 0. The van der Waals surface area contributed by atoms with Gasteiger partial charge in [0, 0.05) is 26.0 Å². The van der Waals surface area contributed by atoms with Gasteiger partial charge in [0.05, 0.1) is 6.61 Å². The molecule has 56 valence electrons. The first-order valence-electron chi connectivity index (χ1n) is 3.09. The monoisotopic (exact) mass is 149 g/mol. The first kappa shape index (κ1) is 9.27. The van der Waals surface area contributed by atoms with E-state index in [1.807, 2.05) is 0 Å². The van der Waals surface area contributed by atoms with Gasteiger partial charge < -0.3 is 9.64 Å². The van der Waals surface area contributed by atoms with Gasteiger partial charge in [-0.3, -0.25) is 0 Å². The molecule has 0 bridgehead atoms. The Morgan fingerprint density at radius 1 is 1.44 bits per heavy atom. The van der Waals surface area contributed by atoms with Crippen LogP contribution in [0.4, 0.5) is 0 Å². The molecule has 0 spiro atoms. The maximum absolute atomic E-state index is 4.89. The van der Waals surface area contributed by atoms with Gasteiger partial charge in [0.15, 0.2) is 0 Å². The molecule has 0 aromatic rings. The van der Waals surface area contributed by atoms with Crippen LogP contribution in [-0.2, 0) is 4.74 Å². The number of rotatable bonds is 5. The number of nitrogens with zero attached hydrogens (tertiary/aromatic N) is 1. The van der Waals surface area contributed by atoms with E-state index in [4.69, 9.17) is 4.74 Å². The minimum Gasteiger partial charge on any atom is -0.383 e. The second-order valence-corrected chi connectivity index (χ2v) is 2.47. The Morgan fingerprint density at radius 2 is 2.11 bits per heavy atom. The van der Waals surface area contributed by atoms with Crippen molar-refractivity contribution in [3.63, 3.8) is 0 Å². The van der Waals surface area contributed by atoms with Gasteiger partial charge >= 0.3 is 0 Å². The van der Waals surface area contributed by atoms with Crippen molar-refractivity contribution in [3.05, 3.63) is 0 Å². The second-order valence-electron chi connectivity index (χ2n) is 2.02. The van der Waals surface area contributed by atoms with Crippen LogP contribution in [0.3, 0.4) is 0 Å². The van der Waals surface area contributed by atoms with Gasteiger partial charge in [-0.15, -0.1) is 0 Å². The lowest BCUT2D eigenvalue weighted by Crippen LogP contribution is -2.24. The molecule has 0 unspecified atom stereocenters. The SMILES string of the molecule is COCCN(C)CCS. The third-order valence-corrected chi connectivity index (χ3v) is 1.36. The Kier molecular flexibility index (Phi) is 6.58. The quantitative estimate of drug-likeness (QED) is 0.571. The molecule has 0 aliphatic heterocycles. The normalized spacial score (nSPS) is 10.7. The zero-order chi connectivity index (χ0) is 7.11. The minimum atomic E-state index is 0.810. The molecule has 0 rings (SSSR count).